The first-order valence-corrected chi connectivity index (χ1v) is 17.2. The number of hydrogen-bond acceptors (Lipinski definition) is 12. The molecule has 2 aromatic carbocycles. The fourth-order valence-corrected chi connectivity index (χ4v) is 7.68. The molecule has 1 saturated carbocycles. The van der Waals surface area contributed by atoms with Gasteiger partial charge in [0, 0.05) is 0 Å². The number of nitrogens with zero attached hydrogens (tertiary/aromatic N) is 4. The van der Waals surface area contributed by atoms with Gasteiger partial charge in [0.15, 0.2) is 5.82 Å². The average molecular weight is 677 g/mol. The lowest BCUT2D eigenvalue weighted by Crippen LogP contribution is -2.46. The van der Waals surface area contributed by atoms with E-state index in [9.17, 15) is 24.8 Å². The second kappa shape index (κ2) is 14.0. The SMILES string of the molecule is C[C@H](NP(=O)(OC[C@@]1(C#N)O[C@@H](c2ccc3c(N)ncnn23)[C@H](O)[C@@H]1O)Oc1ccccc1)C(=O)O[C@H]1CC[C@H](c2ccccc2)CC1. The minimum Gasteiger partial charge on any atom is -0.461 e. The van der Waals surface area contributed by atoms with Gasteiger partial charge in [0.1, 0.15) is 60.7 Å². The lowest BCUT2D eigenvalue weighted by molar-refractivity contribution is -0.152. The molecular weight excluding hydrogens is 639 g/mol. The zero-order chi connectivity index (χ0) is 33.9. The Hall–Kier alpha value is -4.35. The number of ether oxygens (including phenoxy) is 2. The topological polar surface area (TPSA) is 204 Å². The summed E-state index contributed by atoms with van der Waals surface area (Å²) in [5.41, 5.74) is 5.72. The van der Waals surface area contributed by atoms with Gasteiger partial charge in [0.2, 0.25) is 5.60 Å². The maximum Gasteiger partial charge on any atom is 0.459 e. The zero-order valence-electron chi connectivity index (χ0n) is 26.2. The molecule has 1 aliphatic heterocycles. The number of hydrogen-bond donors (Lipinski definition) is 4. The second-order valence-corrected chi connectivity index (χ2v) is 13.7. The van der Waals surface area contributed by atoms with Gasteiger partial charge in [-0.2, -0.15) is 15.4 Å². The molecule has 3 heterocycles. The van der Waals surface area contributed by atoms with Crippen LogP contribution in [0.3, 0.4) is 0 Å². The summed E-state index contributed by atoms with van der Waals surface area (Å²) in [5.74, 6) is 0.0763. The van der Waals surface area contributed by atoms with Gasteiger partial charge in [-0.1, -0.05) is 48.5 Å². The van der Waals surface area contributed by atoms with E-state index in [4.69, 9.17) is 24.3 Å². The fraction of sp³-hybridized carbons (Fsp3) is 0.394. The summed E-state index contributed by atoms with van der Waals surface area (Å²) in [7, 11) is -4.45. The van der Waals surface area contributed by atoms with Crippen LogP contribution in [0.1, 0.15) is 55.9 Å². The number of nitrogens with one attached hydrogen (secondary N) is 1. The van der Waals surface area contributed by atoms with Crippen LogP contribution in [0.4, 0.5) is 5.82 Å². The molecule has 252 valence electrons. The summed E-state index contributed by atoms with van der Waals surface area (Å²) >= 11 is 0. The van der Waals surface area contributed by atoms with Gasteiger partial charge in [-0.15, -0.1) is 0 Å². The fourth-order valence-electron chi connectivity index (χ4n) is 6.16. The number of anilines is 1. The van der Waals surface area contributed by atoms with Crippen LogP contribution < -0.4 is 15.3 Å². The van der Waals surface area contributed by atoms with Crippen LogP contribution in [0.25, 0.3) is 5.52 Å². The second-order valence-electron chi connectivity index (χ2n) is 12.0. The summed E-state index contributed by atoms with van der Waals surface area (Å²) in [6.45, 7) is 0.662. The van der Waals surface area contributed by atoms with Crippen molar-refractivity contribution in [3.05, 3.63) is 90.4 Å². The van der Waals surface area contributed by atoms with Gasteiger partial charge < -0.3 is 29.9 Å². The van der Waals surface area contributed by atoms with Crippen molar-refractivity contribution in [1.82, 2.24) is 19.7 Å². The molecule has 2 fully saturated rings. The third-order valence-corrected chi connectivity index (χ3v) is 10.4. The van der Waals surface area contributed by atoms with Gasteiger partial charge in [0.05, 0.1) is 5.69 Å². The maximum atomic E-state index is 14.2. The molecule has 4 aromatic rings. The molecule has 2 aromatic heterocycles. The molecule has 0 spiro atoms. The van der Waals surface area contributed by atoms with E-state index in [-0.39, 0.29) is 17.7 Å². The highest BCUT2D eigenvalue weighted by Gasteiger charge is 2.57. The number of rotatable bonds is 11. The summed E-state index contributed by atoms with van der Waals surface area (Å²) < 4.78 is 38.8. The summed E-state index contributed by atoms with van der Waals surface area (Å²) in [6, 6.07) is 22.3. The van der Waals surface area contributed by atoms with E-state index in [1.54, 1.807) is 30.3 Å². The summed E-state index contributed by atoms with van der Waals surface area (Å²) in [4.78, 5) is 17.1. The first-order valence-electron chi connectivity index (χ1n) is 15.7. The van der Waals surface area contributed by atoms with E-state index >= 15 is 0 Å². The Morgan fingerprint density at radius 1 is 1.12 bits per heavy atom. The molecule has 15 heteroatoms. The minimum atomic E-state index is -4.45. The normalized spacial score (nSPS) is 27.5. The molecule has 0 bridgehead atoms. The third kappa shape index (κ3) is 6.93. The van der Waals surface area contributed by atoms with E-state index < -0.39 is 50.3 Å². The van der Waals surface area contributed by atoms with Crippen LogP contribution in [0.15, 0.2) is 79.1 Å². The number of nitrogens with two attached hydrogens (primary N) is 1. The number of nitriles is 1. The van der Waals surface area contributed by atoms with Gasteiger partial charge >= 0.3 is 13.7 Å². The lowest BCUT2D eigenvalue weighted by Gasteiger charge is -2.30. The number of aliphatic hydroxyl groups excluding tert-OH is 2. The van der Waals surface area contributed by atoms with Crippen LogP contribution in [-0.4, -0.2) is 67.3 Å². The predicted octanol–water partition coefficient (Wildman–Crippen LogP) is 3.82. The Bertz CT molecular complexity index is 1810. The number of nitrogen functional groups attached to an aromatic ring is 1. The maximum absolute atomic E-state index is 14.2. The van der Waals surface area contributed by atoms with Gasteiger partial charge in [0.25, 0.3) is 0 Å². The quantitative estimate of drug-likeness (QED) is 0.132. The Balaban J connectivity index is 1.15. The van der Waals surface area contributed by atoms with Gasteiger partial charge in [-0.25, -0.2) is 14.1 Å². The van der Waals surface area contributed by atoms with E-state index in [1.807, 2.05) is 24.3 Å². The molecule has 1 saturated heterocycles. The monoisotopic (exact) mass is 676 g/mol. The van der Waals surface area contributed by atoms with Crippen molar-refractivity contribution in [2.24, 2.45) is 0 Å². The van der Waals surface area contributed by atoms with Crippen molar-refractivity contribution in [3.8, 4) is 11.8 Å². The lowest BCUT2D eigenvalue weighted by atomic mass is 9.83. The molecule has 2 aliphatic rings. The molecule has 0 radical (unpaired) electrons. The Morgan fingerprint density at radius 3 is 2.50 bits per heavy atom. The van der Waals surface area contributed by atoms with E-state index in [2.05, 4.69) is 27.3 Å². The molecule has 6 rings (SSSR count). The number of esters is 1. The Kier molecular flexibility index (Phi) is 9.80. The number of para-hydroxylation sites is 1. The van der Waals surface area contributed by atoms with Crippen molar-refractivity contribution in [2.75, 3.05) is 12.3 Å². The van der Waals surface area contributed by atoms with Crippen LogP contribution >= 0.6 is 7.75 Å². The van der Waals surface area contributed by atoms with Crippen molar-refractivity contribution in [3.63, 3.8) is 0 Å². The standard InChI is InChI=1S/C33H37N6O8P/c1-21(32(42)45-24-14-12-23(13-15-24)22-8-4-2-5-9-22)38-48(43,47-25-10-6-3-7-11-25)44-19-33(18-34)30(41)28(40)29(46-33)26-16-17-27-31(35)36-20-37-39(26)27/h2-11,16-17,20-21,23-24,28-30,40-41H,12-15,19H2,1H3,(H,38,43)(H2,35,36,37)/t21-,23-,24-,28-,29-,30-,33+,48?/m0/s1. The summed E-state index contributed by atoms with van der Waals surface area (Å²) in [6.07, 6.45) is -0.613. The first-order chi connectivity index (χ1) is 23.1. The predicted molar refractivity (Wildman–Crippen MR) is 172 cm³/mol. The van der Waals surface area contributed by atoms with Crippen molar-refractivity contribution < 1.29 is 38.1 Å². The largest absolute Gasteiger partial charge is 0.461 e. The van der Waals surface area contributed by atoms with Gasteiger partial charge in [-0.3, -0.25) is 9.32 Å². The third-order valence-electron chi connectivity index (χ3n) is 8.79. The molecule has 5 N–H and O–H groups in total. The Morgan fingerprint density at radius 2 is 1.81 bits per heavy atom. The number of aliphatic hydroxyl groups is 2. The molecular formula is C33H37N6O8P. The smallest absolute Gasteiger partial charge is 0.459 e. The molecule has 48 heavy (non-hydrogen) atoms. The van der Waals surface area contributed by atoms with Crippen molar-refractivity contribution >= 4 is 25.1 Å². The number of benzene rings is 2. The highest BCUT2D eigenvalue weighted by atomic mass is 31.2. The van der Waals surface area contributed by atoms with Crippen LogP contribution in [-0.2, 0) is 23.4 Å². The van der Waals surface area contributed by atoms with Crippen molar-refractivity contribution in [1.29, 1.82) is 5.26 Å². The molecule has 0 amide bonds. The number of fused-ring (bicyclic) bond motifs is 1. The van der Waals surface area contributed by atoms with E-state index in [0.29, 0.717) is 30.0 Å². The molecule has 1 unspecified atom stereocenters. The number of carbonyl (C=O) groups excluding carboxylic acids is 1. The molecule has 6 atom stereocenters. The highest BCUT2D eigenvalue weighted by Crippen LogP contribution is 2.48. The van der Waals surface area contributed by atoms with Crippen LogP contribution in [0, 0.1) is 11.3 Å². The minimum absolute atomic E-state index is 0.155. The Labute approximate surface area is 277 Å². The summed E-state index contributed by atoms with van der Waals surface area (Å²) in [5, 5.41) is 39.0. The van der Waals surface area contributed by atoms with Crippen LogP contribution in [0.2, 0.25) is 0 Å². The first kappa shape index (κ1) is 33.5. The number of carbonyl (C=O) groups is 1. The molecule has 14 nitrogen and oxygen atoms in total. The van der Waals surface area contributed by atoms with E-state index in [0.717, 1.165) is 12.8 Å². The van der Waals surface area contributed by atoms with E-state index in [1.165, 1.54) is 35.5 Å². The highest BCUT2D eigenvalue weighted by molar-refractivity contribution is 7.52. The zero-order valence-corrected chi connectivity index (χ0v) is 27.1. The number of aromatic nitrogens is 3. The van der Waals surface area contributed by atoms with Crippen molar-refractivity contribution in [2.45, 2.75) is 74.6 Å². The van der Waals surface area contributed by atoms with Crippen LogP contribution in [0.5, 0.6) is 5.75 Å². The van der Waals surface area contributed by atoms with Gasteiger partial charge in [-0.05, 0) is 68.4 Å². The average Bonchev–Trinajstić information content (AvgIpc) is 3.64. The molecule has 1 aliphatic carbocycles.